The summed E-state index contributed by atoms with van der Waals surface area (Å²) in [5.41, 5.74) is 7.40. The van der Waals surface area contributed by atoms with Crippen molar-refractivity contribution in [2.75, 3.05) is 54.9 Å². The van der Waals surface area contributed by atoms with Crippen LogP contribution in [0.3, 0.4) is 0 Å². The van der Waals surface area contributed by atoms with Crippen molar-refractivity contribution < 1.29 is 44.3 Å². The average molecular weight is 1050 g/mol. The molecule has 13 nitrogen and oxygen atoms in total. The lowest BCUT2D eigenvalue weighted by molar-refractivity contribution is -0.132. The van der Waals surface area contributed by atoms with Crippen LogP contribution in [0.15, 0.2) is 65.8 Å². The Morgan fingerprint density at radius 3 is 1.66 bits per heavy atom. The zero-order chi connectivity index (χ0) is 50.0. The Hall–Kier alpha value is -5.85. The molecule has 9 rings (SSSR count). The number of ketones is 2. The van der Waals surface area contributed by atoms with E-state index in [0.717, 1.165) is 59.2 Å². The Bertz CT molecular complexity index is 3100. The third-order valence-corrected chi connectivity index (χ3v) is 14.3. The van der Waals surface area contributed by atoms with E-state index in [9.17, 15) is 44.3 Å². The number of imidazole rings is 2. The SMILES string of the molecule is Cc1cc(-c2cnc3c(NCCC(F)(F)F)nc(Br)cn23)ccc1C(=O)CC1CC1.Cc1cc(-c2cnc3c(NCCC(F)(F)F)nc(C#CCN4CCS(=O)(=O)CC4)cn23)ccc1C(=O)CC1CC1. The number of carbonyl (C=O) groups excluding carboxylic acids is 2. The molecule has 3 fully saturated rings. The fraction of sp³-hybridized carbons (Fsp3) is 0.429. The fourth-order valence-electron chi connectivity index (χ4n) is 8.13. The van der Waals surface area contributed by atoms with Crippen molar-refractivity contribution in [2.45, 2.75) is 77.6 Å². The number of nitrogens with zero attached hydrogens (tertiary/aromatic N) is 7. The quantitative estimate of drug-likeness (QED) is 0.0574. The highest BCUT2D eigenvalue weighted by atomic mass is 79.9. The number of sulfone groups is 1. The van der Waals surface area contributed by atoms with E-state index < -0.39 is 35.0 Å². The van der Waals surface area contributed by atoms with E-state index in [1.165, 1.54) is 0 Å². The Morgan fingerprint density at radius 1 is 0.729 bits per heavy atom. The predicted octanol–water partition coefficient (Wildman–Crippen LogP) is 9.95. The fourth-order valence-corrected chi connectivity index (χ4v) is 9.79. The summed E-state index contributed by atoms with van der Waals surface area (Å²) < 4.78 is 103. The van der Waals surface area contributed by atoms with Crippen LogP contribution in [0.5, 0.6) is 0 Å². The molecule has 2 N–H and O–H groups in total. The maximum atomic E-state index is 12.8. The van der Waals surface area contributed by atoms with Gasteiger partial charge in [0, 0.05) is 73.7 Å². The highest BCUT2D eigenvalue weighted by Gasteiger charge is 2.29. The molecule has 6 aromatic rings. The molecule has 4 aromatic heterocycles. The third kappa shape index (κ3) is 13.3. The smallest absolute Gasteiger partial charge is 0.367 e. The maximum Gasteiger partial charge on any atom is 0.390 e. The van der Waals surface area contributed by atoms with Gasteiger partial charge in [-0.05, 0) is 96.5 Å². The molecule has 370 valence electrons. The number of benzene rings is 2. The summed E-state index contributed by atoms with van der Waals surface area (Å²) >= 11 is 3.31. The van der Waals surface area contributed by atoms with Crippen LogP contribution in [-0.2, 0) is 9.84 Å². The van der Waals surface area contributed by atoms with Gasteiger partial charge in [-0.2, -0.15) is 26.3 Å². The second kappa shape index (κ2) is 20.9. The first-order valence-electron chi connectivity index (χ1n) is 22.9. The lowest BCUT2D eigenvalue weighted by Crippen LogP contribution is -2.40. The number of rotatable bonds is 15. The van der Waals surface area contributed by atoms with Crippen molar-refractivity contribution >= 4 is 60.3 Å². The molecule has 0 amide bonds. The Labute approximate surface area is 408 Å². The van der Waals surface area contributed by atoms with Crippen molar-refractivity contribution in [3.8, 4) is 34.4 Å². The van der Waals surface area contributed by atoms with Crippen LogP contribution < -0.4 is 10.6 Å². The normalized spacial score (nSPS) is 16.1. The third-order valence-electron chi connectivity index (χ3n) is 12.3. The molecule has 70 heavy (non-hydrogen) atoms. The van der Waals surface area contributed by atoms with Gasteiger partial charge < -0.3 is 10.6 Å². The summed E-state index contributed by atoms with van der Waals surface area (Å²) in [5.74, 6) is 7.94. The van der Waals surface area contributed by atoms with Crippen LogP contribution in [0.25, 0.3) is 33.8 Å². The number of nitrogens with one attached hydrogen (secondary N) is 2. The number of fused-ring (bicyclic) bond motifs is 2. The number of hydrogen-bond donors (Lipinski definition) is 2. The topological polar surface area (TPSA) is 156 Å². The van der Waals surface area contributed by atoms with Crippen molar-refractivity contribution in [3.05, 3.63) is 93.7 Å². The molecule has 0 bridgehead atoms. The minimum Gasteiger partial charge on any atom is -0.367 e. The first kappa shape index (κ1) is 50.5. The number of hydrogen-bond acceptors (Lipinski definition) is 11. The summed E-state index contributed by atoms with van der Waals surface area (Å²) in [7, 11) is -3.00. The minimum absolute atomic E-state index is 0.0922. The summed E-state index contributed by atoms with van der Waals surface area (Å²) in [6, 6.07) is 11.2. The molecule has 3 aliphatic rings. The summed E-state index contributed by atoms with van der Waals surface area (Å²) in [6.45, 7) is 4.29. The molecule has 0 atom stereocenters. The number of carbonyl (C=O) groups is 2. The lowest BCUT2D eigenvalue weighted by atomic mass is 9.98. The molecule has 2 aromatic carbocycles. The molecule has 1 saturated heterocycles. The Balaban J connectivity index is 0.000000196. The number of halogens is 7. The number of alkyl halides is 6. The van der Waals surface area contributed by atoms with E-state index >= 15 is 0 Å². The van der Waals surface area contributed by atoms with Gasteiger partial charge >= 0.3 is 12.4 Å². The monoisotopic (exact) mass is 1050 g/mol. The second-order valence-corrected chi connectivity index (χ2v) is 21.2. The molecular formula is C49H50BrF6N9O4S. The van der Waals surface area contributed by atoms with E-state index in [4.69, 9.17) is 0 Å². The van der Waals surface area contributed by atoms with Crippen LogP contribution in [0.2, 0.25) is 0 Å². The predicted molar refractivity (Wildman–Crippen MR) is 258 cm³/mol. The highest BCUT2D eigenvalue weighted by Crippen LogP contribution is 2.36. The summed E-state index contributed by atoms with van der Waals surface area (Å²) in [6.07, 6.45) is 1.74. The first-order valence-corrected chi connectivity index (χ1v) is 25.5. The van der Waals surface area contributed by atoms with E-state index in [0.29, 0.717) is 77.2 Å². The van der Waals surface area contributed by atoms with Crippen LogP contribution in [0.4, 0.5) is 38.0 Å². The molecule has 0 spiro atoms. The van der Waals surface area contributed by atoms with Gasteiger partial charge in [-0.15, -0.1) is 0 Å². The first-order chi connectivity index (χ1) is 33.2. The minimum atomic E-state index is -4.32. The van der Waals surface area contributed by atoms with Gasteiger partial charge in [0.1, 0.15) is 10.3 Å². The maximum absolute atomic E-state index is 12.8. The second-order valence-electron chi connectivity index (χ2n) is 18.1. The standard InChI is InChI=1S/C28H30F3N5O3S.C21H20BrF3N4O/c1-19-15-21(6-7-23(19)25(37)16-20-4-5-20)24-17-33-27-26(32-9-8-28(29,30)31)34-22(18-36(24)27)3-2-10-35-11-13-40(38,39)14-12-35;1-12-8-14(4-5-15(12)17(30)9-13-2-3-13)16-10-27-20-19(26-7-6-21(23,24)25)28-18(22)11-29(16)20/h6-7,15,17-18,20H,4-5,8-14,16H2,1H3,(H,32,34);4-5,8,10-11,13H,2-3,6-7,9H2,1H3,(H,26,28). The molecule has 5 heterocycles. The van der Waals surface area contributed by atoms with Crippen molar-refractivity contribution in [1.29, 1.82) is 0 Å². The highest BCUT2D eigenvalue weighted by molar-refractivity contribution is 9.10. The van der Waals surface area contributed by atoms with E-state index in [1.54, 1.807) is 33.6 Å². The van der Waals surface area contributed by atoms with Crippen LogP contribution in [0, 0.1) is 37.5 Å². The van der Waals surface area contributed by atoms with E-state index in [-0.39, 0.29) is 47.8 Å². The summed E-state index contributed by atoms with van der Waals surface area (Å²) in [5, 5.41) is 5.47. The van der Waals surface area contributed by atoms with Crippen molar-refractivity contribution in [3.63, 3.8) is 0 Å². The molecule has 1 aliphatic heterocycles. The van der Waals surface area contributed by atoms with Gasteiger partial charge in [0.2, 0.25) is 0 Å². The van der Waals surface area contributed by atoms with E-state index in [1.807, 2.05) is 55.1 Å². The van der Waals surface area contributed by atoms with Crippen LogP contribution in [0.1, 0.15) is 88.9 Å². The van der Waals surface area contributed by atoms with Gasteiger partial charge in [0.15, 0.2) is 44.3 Å². The number of aromatic nitrogens is 6. The molecule has 2 aliphatic carbocycles. The zero-order valence-corrected chi connectivity index (χ0v) is 40.8. The molecule has 0 radical (unpaired) electrons. The number of aryl methyl sites for hydroxylation is 2. The summed E-state index contributed by atoms with van der Waals surface area (Å²) in [4.78, 5) is 44.5. The Morgan fingerprint density at radius 2 is 1.20 bits per heavy atom. The van der Waals surface area contributed by atoms with E-state index in [2.05, 4.69) is 58.3 Å². The van der Waals surface area contributed by atoms with Crippen molar-refractivity contribution in [1.82, 2.24) is 33.6 Å². The largest absolute Gasteiger partial charge is 0.390 e. The van der Waals surface area contributed by atoms with Gasteiger partial charge in [-0.25, -0.2) is 28.4 Å². The van der Waals surface area contributed by atoms with Gasteiger partial charge in [-0.1, -0.05) is 30.2 Å². The van der Waals surface area contributed by atoms with Gasteiger partial charge in [0.05, 0.1) is 54.7 Å². The molecule has 0 unspecified atom stereocenters. The zero-order valence-electron chi connectivity index (χ0n) is 38.4. The van der Waals surface area contributed by atoms with Crippen molar-refractivity contribution in [2.24, 2.45) is 11.8 Å². The number of anilines is 2. The number of Topliss-reactive ketones (excluding diaryl/α,β-unsaturated/α-hetero) is 2. The van der Waals surface area contributed by atoms with Crippen LogP contribution >= 0.6 is 15.9 Å². The molecular weight excluding hydrogens is 1000 g/mol. The van der Waals surface area contributed by atoms with Gasteiger partial charge in [-0.3, -0.25) is 23.3 Å². The van der Waals surface area contributed by atoms with Crippen LogP contribution in [-0.4, -0.2) is 110 Å². The molecule has 2 saturated carbocycles. The van der Waals surface area contributed by atoms with Gasteiger partial charge in [0.25, 0.3) is 0 Å². The molecule has 21 heteroatoms. The lowest BCUT2D eigenvalue weighted by Gasteiger charge is -2.24. The Kier molecular flexibility index (Phi) is 15.1. The average Bonchev–Trinajstić information content (AvgIpc) is 4.20.